The summed E-state index contributed by atoms with van der Waals surface area (Å²) in [4.78, 5) is 1.24. The van der Waals surface area contributed by atoms with Gasteiger partial charge < -0.3 is 5.11 Å². The van der Waals surface area contributed by atoms with Gasteiger partial charge in [-0.25, -0.2) is 0 Å². The van der Waals surface area contributed by atoms with Gasteiger partial charge >= 0.3 is 0 Å². The number of benzene rings is 2. The quantitative estimate of drug-likeness (QED) is 0.702. The highest BCUT2D eigenvalue weighted by Crippen LogP contribution is 2.39. The normalized spacial score (nSPS) is 11.1. The molecule has 0 saturated heterocycles. The lowest BCUT2D eigenvalue weighted by atomic mass is 10.1. The lowest BCUT2D eigenvalue weighted by Crippen LogP contribution is -1.83. The number of hydrogen-bond acceptors (Lipinski definition) is 2. The van der Waals surface area contributed by atoms with Gasteiger partial charge in [0.1, 0.15) is 0 Å². The highest BCUT2D eigenvalue weighted by atomic mass is 35.5. The molecule has 19 heavy (non-hydrogen) atoms. The predicted molar refractivity (Wildman–Crippen MR) is 82.9 cm³/mol. The molecule has 0 aliphatic rings. The fraction of sp³-hybridized carbons (Fsp3) is 0.125. The van der Waals surface area contributed by atoms with Crippen LogP contribution in [0.5, 0.6) is 0 Å². The Bertz CT molecular complexity index is 746. The highest BCUT2D eigenvalue weighted by molar-refractivity contribution is 7.22. The zero-order valence-electron chi connectivity index (χ0n) is 10.5. The molecule has 1 heterocycles. The van der Waals surface area contributed by atoms with E-state index in [0.29, 0.717) is 0 Å². The molecule has 1 nitrogen and oxygen atoms in total. The molecule has 1 N–H and O–H groups in total. The highest BCUT2D eigenvalue weighted by Gasteiger charge is 2.10. The number of fused-ring (bicyclic) bond motifs is 1. The number of aryl methyl sites for hydroxylation is 1. The van der Waals surface area contributed by atoms with E-state index in [1.165, 1.54) is 20.5 Å². The number of thiophene rings is 1. The number of aliphatic hydroxyl groups is 1. The fourth-order valence-electron chi connectivity index (χ4n) is 2.28. The summed E-state index contributed by atoms with van der Waals surface area (Å²) in [6.07, 6.45) is 0. The Morgan fingerprint density at radius 1 is 1.16 bits per heavy atom. The van der Waals surface area contributed by atoms with Gasteiger partial charge in [-0.05, 0) is 53.3 Å². The average Bonchev–Trinajstić information content (AvgIpc) is 2.76. The summed E-state index contributed by atoms with van der Waals surface area (Å²) in [6.45, 7) is 2.19. The van der Waals surface area contributed by atoms with Crippen molar-refractivity contribution >= 4 is 33.0 Å². The van der Waals surface area contributed by atoms with E-state index in [9.17, 15) is 5.11 Å². The van der Waals surface area contributed by atoms with E-state index >= 15 is 0 Å². The third-order valence-electron chi connectivity index (χ3n) is 3.27. The van der Waals surface area contributed by atoms with Crippen LogP contribution in [0.3, 0.4) is 0 Å². The van der Waals surface area contributed by atoms with Gasteiger partial charge in [-0.3, -0.25) is 0 Å². The van der Waals surface area contributed by atoms with Crippen LogP contribution in [0.1, 0.15) is 11.1 Å². The van der Waals surface area contributed by atoms with E-state index in [1.54, 1.807) is 11.3 Å². The molecule has 3 heteroatoms. The van der Waals surface area contributed by atoms with E-state index < -0.39 is 0 Å². The molecule has 2 aromatic carbocycles. The van der Waals surface area contributed by atoms with E-state index in [2.05, 4.69) is 19.1 Å². The second-order valence-electron chi connectivity index (χ2n) is 4.56. The van der Waals surface area contributed by atoms with Crippen LogP contribution in [0, 0.1) is 6.92 Å². The van der Waals surface area contributed by atoms with Crippen molar-refractivity contribution in [3.05, 3.63) is 58.6 Å². The van der Waals surface area contributed by atoms with Crippen LogP contribution in [0.2, 0.25) is 5.02 Å². The average molecular weight is 289 g/mol. The van der Waals surface area contributed by atoms with Crippen molar-refractivity contribution in [1.29, 1.82) is 0 Å². The van der Waals surface area contributed by atoms with Gasteiger partial charge in [0.15, 0.2) is 0 Å². The maximum absolute atomic E-state index is 9.24. The molecule has 0 amide bonds. The predicted octanol–water partition coefficient (Wildman–Crippen LogP) is 5.02. The Labute approximate surface area is 121 Å². The SMILES string of the molecule is Cc1c(-c2cccc(CO)c2)sc2ccc(Cl)cc12. The maximum Gasteiger partial charge on any atom is 0.0682 e. The zero-order valence-corrected chi connectivity index (χ0v) is 12.1. The van der Waals surface area contributed by atoms with Crippen molar-refractivity contribution in [3.8, 4) is 10.4 Å². The Hall–Kier alpha value is -1.35. The van der Waals surface area contributed by atoms with Crippen LogP contribution in [0.4, 0.5) is 0 Å². The lowest BCUT2D eigenvalue weighted by molar-refractivity contribution is 0.282. The monoisotopic (exact) mass is 288 g/mol. The smallest absolute Gasteiger partial charge is 0.0682 e. The molecule has 0 unspecified atom stereocenters. The first-order chi connectivity index (χ1) is 9.19. The molecule has 0 saturated carbocycles. The van der Waals surface area contributed by atoms with Gasteiger partial charge in [0.25, 0.3) is 0 Å². The van der Waals surface area contributed by atoms with Crippen molar-refractivity contribution in [3.63, 3.8) is 0 Å². The van der Waals surface area contributed by atoms with E-state index in [1.807, 2.05) is 30.3 Å². The van der Waals surface area contributed by atoms with Crippen LogP contribution < -0.4 is 0 Å². The van der Waals surface area contributed by atoms with Crippen LogP contribution in [-0.2, 0) is 6.61 Å². The van der Waals surface area contributed by atoms with Gasteiger partial charge in [-0.2, -0.15) is 0 Å². The first-order valence-corrected chi connectivity index (χ1v) is 7.27. The summed E-state index contributed by atoms with van der Waals surface area (Å²) >= 11 is 7.83. The van der Waals surface area contributed by atoms with Gasteiger partial charge in [0, 0.05) is 14.6 Å². The minimum atomic E-state index is 0.0730. The molecule has 0 spiro atoms. The Morgan fingerprint density at radius 2 is 2.00 bits per heavy atom. The molecule has 0 bridgehead atoms. The first-order valence-electron chi connectivity index (χ1n) is 6.08. The minimum Gasteiger partial charge on any atom is -0.392 e. The molecular formula is C16H13ClOS. The maximum atomic E-state index is 9.24. The molecule has 1 aromatic heterocycles. The third-order valence-corrected chi connectivity index (χ3v) is 4.83. The molecule has 3 aromatic rings. The molecule has 0 radical (unpaired) electrons. The van der Waals surface area contributed by atoms with Crippen LogP contribution >= 0.6 is 22.9 Å². The minimum absolute atomic E-state index is 0.0730. The van der Waals surface area contributed by atoms with Gasteiger partial charge in [0.2, 0.25) is 0 Å². The second-order valence-corrected chi connectivity index (χ2v) is 6.04. The third kappa shape index (κ3) is 2.27. The van der Waals surface area contributed by atoms with Crippen molar-refractivity contribution in [2.45, 2.75) is 13.5 Å². The Balaban J connectivity index is 2.21. The van der Waals surface area contributed by atoms with Crippen molar-refractivity contribution in [2.75, 3.05) is 0 Å². The summed E-state index contributed by atoms with van der Waals surface area (Å²) in [6, 6.07) is 14.0. The lowest BCUT2D eigenvalue weighted by Gasteiger charge is -2.02. The van der Waals surface area contributed by atoms with Gasteiger partial charge in [-0.1, -0.05) is 29.8 Å². The van der Waals surface area contributed by atoms with E-state index in [-0.39, 0.29) is 6.61 Å². The summed E-state index contributed by atoms with van der Waals surface area (Å²) in [5.74, 6) is 0. The van der Waals surface area contributed by atoms with Crippen LogP contribution in [0.15, 0.2) is 42.5 Å². The van der Waals surface area contributed by atoms with Crippen molar-refractivity contribution < 1.29 is 5.11 Å². The second kappa shape index (κ2) is 4.97. The molecular weight excluding hydrogens is 276 g/mol. The van der Waals surface area contributed by atoms with Crippen molar-refractivity contribution in [2.24, 2.45) is 0 Å². The number of rotatable bonds is 2. The van der Waals surface area contributed by atoms with Crippen molar-refractivity contribution in [1.82, 2.24) is 0 Å². The van der Waals surface area contributed by atoms with E-state index in [0.717, 1.165) is 16.1 Å². The number of hydrogen-bond donors (Lipinski definition) is 1. The number of halogens is 1. The zero-order chi connectivity index (χ0) is 13.4. The standard InChI is InChI=1S/C16H13ClOS/c1-10-14-8-13(17)5-6-15(14)19-16(10)12-4-2-3-11(7-12)9-18/h2-8,18H,9H2,1H3. The Kier molecular flexibility index (Phi) is 3.31. The van der Waals surface area contributed by atoms with E-state index in [4.69, 9.17) is 11.6 Å². The summed E-state index contributed by atoms with van der Waals surface area (Å²) in [5, 5.41) is 11.2. The molecule has 96 valence electrons. The number of aliphatic hydroxyl groups excluding tert-OH is 1. The topological polar surface area (TPSA) is 20.2 Å². The van der Waals surface area contributed by atoms with Crippen LogP contribution in [0.25, 0.3) is 20.5 Å². The molecule has 0 fully saturated rings. The molecule has 0 aliphatic heterocycles. The summed E-state index contributed by atoms with van der Waals surface area (Å²) < 4.78 is 1.24. The van der Waals surface area contributed by atoms with Crippen LogP contribution in [-0.4, -0.2) is 5.11 Å². The summed E-state index contributed by atoms with van der Waals surface area (Å²) in [7, 11) is 0. The Morgan fingerprint density at radius 3 is 2.79 bits per heavy atom. The molecule has 3 rings (SSSR count). The molecule has 0 atom stereocenters. The summed E-state index contributed by atoms with van der Waals surface area (Å²) in [5.41, 5.74) is 3.34. The van der Waals surface area contributed by atoms with Gasteiger partial charge in [0.05, 0.1) is 6.61 Å². The van der Waals surface area contributed by atoms with Gasteiger partial charge in [-0.15, -0.1) is 11.3 Å². The first kappa shape index (κ1) is 12.7. The largest absolute Gasteiger partial charge is 0.392 e. The fourth-order valence-corrected chi connectivity index (χ4v) is 3.64. The molecule has 0 aliphatic carbocycles.